The predicted octanol–water partition coefficient (Wildman–Crippen LogP) is 6.73. The van der Waals surface area contributed by atoms with Crippen LogP contribution in [0.5, 0.6) is 0 Å². The summed E-state index contributed by atoms with van der Waals surface area (Å²) < 4.78 is 40.4. The minimum atomic E-state index is -4.51. The molecule has 4 heterocycles. The normalized spacial score (nSPS) is 16.0. The number of nitrogens with zero attached hydrogens (tertiary/aromatic N) is 6. The molecule has 5 aromatic rings. The Hall–Kier alpha value is -6.01. The second-order valence-corrected chi connectivity index (χ2v) is 14.4. The summed E-state index contributed by atoms with van der Waals surface area (Å²) in [7, 11) is 0. The molecule has 0 radical (unpaired) electrons. The third-order valence-corrected chi connectivity index (χ3v) is 10.6. The Balaban J connectivity index is 1.08. The van der Waals surface area contributed by atoms with Gasteiger partial charge >= 0.3 is 6.18 Å². The molecule has 1 N–H and O–H groups in total. The monoisotopic (exact) mass is 773 g/mol. The molecule has 2 aromatic heterocycles. The maximum absolute atomic E-state index is 14.6. The molecule has 0 aliphatic carbocycles. The van der Waals surface area contributed by atoms with Crippen LogP contribution in [0.3, 0.4) is 0 Å². The molecule has 2 aliphatic heterocycles. The first-order valence-electron chi connectivity index (χ1n) is 19.3. The minimum Gasteiger partial charge on any atom is -0.353 e. The highest BCUT2D eigenvalue weighted by molar-refractivity contribution is 6.04. The summed E-state index contributed by atoms with van der Waals surface area (Å²) in [5, 5.41) is 3.00. The fourth-order valence-electron chi connectivity index (χ4n) is 7.34. The Morgan fingerprint density at radius 3 is 1.86 bits per heavy atom. The van der Waals surface area contributed by atoms with Gasteiger partial charge in [-0.25, -0.2) is 9.97 Å². The summed E-state index contributed by atoms with van der Waals surface area (Å²) in [6, 6.07) is 34.1. The van der Waals surface area contributed by atoms with E-state index in [9.17, 15) is 22.8 Å². The van der Waals surface area contributed by atoms with Gasteiger partial charge in [-0.05, 0) is 65.1 Å². The lowest BCUT2D eigenvalue weighted by Gasteiger charge is -2.37. The first kappa shape index (κ1) is 39.2. The van der Waals surface area contributed by atoms with E-state index in [1.54, 1.807) is 18.5 Å². The average molecular weight is 774 g/mol. The highest BCUT2D eigenvalue weighted by atomic mass is 19.4. The molecule has 12 heteroatoms. The smallest absolute Gasteiger partial charge is 0.353 e. The molecule has 57 heavy (non-hydrogen) atoms. The molecule has 3 aromatic carbocycles. The summed E-state index contributed by atoms with van der Waals surface area (Å²) in [6.07, 6.45) is 0.826. The number of amides is 2. The second-order valence-electron chi connectivity index (χ2n) is 14.4. The molecule has 1 atom stereocenters. The third kappa shape index (κ3) is 10.4. The van der Waals surface area contributed by atoms with Gasteiger partial charge in [0.05, 0.1) is 11.5 Å². The van der Waals surface area contributed by atoms with E-state index in [-0.39, 0.29) is 24.4 Å². The molecule has 0 saturated carbocycles. The van der Waals surface area contributed by atoms with Crippen LogP contribution in [-0.4, -0.2) is 83.9 Å². The van der Waals surface area contributed by atoms with Crippen molar-refractivity contribution >= 4 is 29.5 Å². The van der Waals surface area contributed by atoms with Crippen LogP contribution in [0.4, 0.5) is 24.8 Å². The van der Waals surface area contributed by atoms with Crippen LogP contribution in [0.2, 0.25) is 0 Å². The van der Waals surface area contributed by atoms with Gasteiger partial charge in [0.2, 0.25) is 11.8 Å². The first-order chi connectivity index (χ1) is 27.7. The molecule has 0 unspecified atom stereocenters. The van der Waals surface area contributed by atoms with Gasteiger partial charge in [-0.1, -0.05) is 84.9 Å². The van der Waals surface area contributed by atoms with Crippen molar-refractivity contribution in [3.63, 3.8) is 0 Å². The van der Waals surface area contributed by atoms with Gasteiger partial charge in [0.1, 0.15) is 11.6 Å². The van der Waals surface area contributed by atoms with Crippen molar-refractivity contribution in [2.75, 3.05) is 62.2 Å². The van der Waals surface area contributed by atoms with Crippen molar-refractivity contribution in [3.05, 3.63) is 161 Å². The van der Waals surface area contributed by atoms with Gasteiger partial charge in [0, 0.05) is 83.4 Å². The number of alkyl halides is 3. The molecule has 0 spiro atoms. The quantitative estimate of drug-likeness (QED) is 0.141. The number of anilines is 2. The minimum absolute atomic E-state index is 0.147. The van der Waals surface area contributed by atoms with Crippen LogP contribution in [-0.2, 0) is 35.3 Å². The predicted molar refractivity (Wildman–Crippen MR) is 216 cm³/mol. The maximum Gasteiger partial charge on any atom is 0.416 e. The lowest BCUT2D eigenvalue weighted by Crippen LogP contribution is -2.51. The van der Waals surface area contributed by atoms with E-state index in [2.05, 4.69) is 37.1 Å². The van der Waals surface area contributed by atoms with E-state index in [4.69, 9.17) is 4.98 Å². The Morgan fingerprint density at radius 1 is 0.667 bits per heavy atom. The number of piperazine rings is 2. The van der Waals surface area contributed by atoms with Crippen molar-refractivity contribution in [3.8, 4) is 0 Å². The Morgan fingerprint density at radius 2 is 1.28 bits per heavy atom. The number of hydrogen-bond donors (Lipinski definition) is 1. The molecule has 0 bridgehead atoms. The van der Waals surface area contributed by atoms with E-state index in [0.29, 0.717) is 31.7 Å². The number of aromatic nitrogens is 2. The average Bonchev–Trinajstić information content (AvgIpc) is 3.25. The summed E-state index contributed by atoms with van der Waals surface area (Å²) in [5.41, 5.74) is 2.62. The van der Waals surface area contributed by atoms with Crippen molar-refractivity contribution in [1.82, 2.24) is 25.1 Å². The molecule has 2 fully saturated rings. The molecule has 2 saturated heterocycles. The number of rotatable bonds is 12. The van der Waals surface area contributed by atoms with E-state index in [1.807, 2.05) is 83.8 Å². The summed E-state index contributed by atoms with van der Waals surface area (Å²) >= 11 is 0. The van der Waals surface area contributed by atoms with Crippen LogP contribution in [0, 0.1) is 5.92 Å². The van der Waals surface area contributed by atoms with Gasteiger partial charge in [0.25, 0.3) is 0 Å². The largest absolute Gasteiger partial charge is 0.416 e. The number of benzene rings is 3. The number of nitrogens with one attached hydrogen (secondary N) is 1. The second kappa shape index (κ2) is 18.3. The van der Waals surface area contributed by atoms with Gasteiger partial charge < -0.3 is 20.0 Å². The van der Waals surface area contributed by atoms with Crippen LogP contribution < -0.4 is 15.1 Å². The Labute approximate surface area is 331 Å². The van der Waals surface area contributed by atoms with Gasteiger partial charge in [-0.3, -0.25) is 14.5 Å². The molecular formula is C45H46F3N7O2. The zero-order chi connectivity index (χ0) is 39.6. The van der Waals surface area contributed by atoms with Crippen LogP contribution in [0.15, 0.2) is 133 Å². The SMILES string of the molecule is O=C(NCc1ccc(N2CCN(c3ccccn3)CC2)nc1)C(=Cc1ccc(C(F)(F)F)cc1)[C@H](Cc1ccccc1)C(=O)N1CCN(Cc2ccccc2)CC1. The summed E-state index contributed by atoms with van der Waals surface area (Å²) in [6.45, 7) is 6.45. The Kier molecular flexibility index (Phi) is 12.6. The fraction of sp³-hybridized carbons (Fsp3) is 0.289. The Bertz CT molecular complexity index is 2080. The number of carbonyl (C=O) groups excluding carboxylic acids is 2. The van der Waals surface area contributed by atoms with Crippen molar-refractivity contribution < 1.29 is 22.8 Å². The number of halogens is 3. The lowest BCUT2D eigenvalue weighted by atomic mass is 9.88. The number of carbonyl (C=O) groups is 2. The maximum atomic E-state index is 14.6. The molecule has 7 rings (SSSR count). The zero-order valence-corrected chi connectivity index (χ0v) is 31.7. The highest BCUT2D eigenvalue weighted by Gasteiger charge is 2.34. The molecule has 294 valence electrons. The lowest BCUT2D eigenvalue weighted by molar-refractivity contribution is -0.138. The standard InChI is InChI=1S/C45H46F3N7O2/c46-45(47,48)38-17-14-35(15-18-38)29-39(43(56)51-32-37-16-19-42(50-31-37)54-27-25-53(26-28-54)41-13-7-8-20-49-41)40(30-34-9-3-1-4-10-34)44(57)55-23-21-52(22-24-55)33-36-11-5-2-6-12-36/h1-20,29,31,40H,21-28,30,32-33H2,(H,51,56)/t40-/m0/s1. The third-order valence-electron chi connectivity index (χ3n) is 10.6. The van der Waals surface area contributed by atoms with E-state index in [0.717, 1.165) is 67.6 Å². The van der Waals surface area contributed by atoms with Crippen molar-refractivity contribution in [1.29, 1.82) is 0 Å². The van der Waals surface area contributed by atoms with Gasteiger partial charge in [-0.2, -0.15) is 13.2 Å². The molecule has 9 nitrogen and oxygen atoms in total. The summed E-state index contributed by atoms with van der Waals surface area (Å²) in [5.74, 6) is 0.242. The zero-order valence-electron chi connectivity index (χ0n) is 31.7. The topological polar surface area (TPSA) is 84.9 Å². The molecule has 2 aliphatic rings. The number of hydrogen-bond acceptors (Lipinski definition) is 7. The highest BCUT2D eigenvalue weighted by Crippen LogP contribution is 2.30. The molecular weight excluding hydrogens is 728 g/mol. The summed E-state index contributed by atoms with van der Waals surface area (Å²) in [4.78, 5) is 46.6. The molecule has 2 amide bonds. The van der Waals surface area contributed by atoms with E-state index >= 15 is 0 Å². The van der Waals surface area contributed by atoms with E-state index in [1.165, 1.54) is 17.7 Å². The van der Waals surface area contributed by atoms with E-state index < -0.39 is 23.6 Å². The van der Waals surface area contributed by atoms with Crippen LogP contribution in [0.1, 0.15) is 27.8 Å². The van der Waals surface area contributed by atoms with Gasteiger partial charge in [0.15, 0.2) is 0 Å². The van der Waals surface area contributed by atoms with Crippen molar-refractivity contribution in [2.24, 2.45) is 5.92 Å². The number of pyridine rings is 2. The first-order valence-corrected chi connectivity index (χ1v) is 19.3. The van der Waals surface area contributed by atoms with Crippen molar-refractivity contribution in [2.45, 2.75) is 25.7 Å². The van der Waals surface area contributed by atoms with Crippen LogP contribution >= 0.6 is 0 Å². The van der Waals surface area contributed by atoms with Gasteiger partial charge in [-0.15, -0.1) is 0 Å². The van der Waals surface area contributed by atoms with Crippen LogP contribution in [0.25, 0.3) is 6.08 Å². The fourth-order valence-corrected chi connectivity index (χ4v) is 7.34.